The number of rotatable bonds is 1. The Kier molecular flexibility index (Phi) is 1.87. The zero-order chi connectivity index (χ0) is 7.84. The van der Waals surface area contributed by atoms with Crippen molar-refractivity contribution in [3.05, 3.63) is 0 Å². The quantitative estimate of drug-likeness (QED) is 0.543. The van der Waals surface area contributed by atoms with Crippen molar-refractivity contribution in [1.82, 2.24) is 4.90 Å². The maximum atomic E-state index is 8.89. The van der Waals surface area contributed by atoms with Gasteiger partial charge in [0.2, 0.25) is 0 Å². The molecule has 2 rings (SSSR count). The monoisotopic (exact) mass is 156 g/mol. The van der Waals surface area contributed by atoms with E-state index in [0.29, 0.717) is 12.0 Å². The second kappa shape index (κ2) is 2.73. The molecule has 0 amide bonds. The molecule has 2 fully saturated rings. The van der Waals surface area contributed by atoms with E-state index in [1.807, 2.05) is 0 Å². The van der Waals surface area contributed by atoms with Crippen LogP contribution in [0.5, 0.6) is 0 Å². The van der Waals surface area contributed by atoms with Gasteiger partial charge in [0.25, 0.3) is 0 Å². The standard InChI is InChI=1S/C8H16N2O/c9-8-2-1-6-3-10(5-11)4-7(6)8/h6-8,11H,1-5,9H2/t6-,7?,8?/m0/s1. The van der Waals surface area contributed by atoms with Gasteiger partial charge in [-0.1, -0.05) is 0 Å². The summed E-state index contributed by atoms with van der Waals surface area (Å²) in [5.74, 6) is 1.44. The highest BCUT2D eigenvalue weighted by atomic mass is 16.3. The van der Waals surface area contributed by atoms with E-state index >= 15 is 0 Å². The van der Waals surface area contributed by atoms with Crippen LogP contribution < -0.4 is 5.73 Å². The van der Waals surface area contributed by atoms with Crippen LogP contribution in [0.2, 0.25) is 0 Å². The van der Waals surface area contributed by atoms with Crippen molar-refractivity contribution in [3.63, 3.8) is 0 Å². The maximum absolute atomic E-state index is 8.89. The van der Waals surface area contributed by atoms with E-state index in [1.165, 1.54) is 12.8 Å². The van der Waals surface area contributed by atoms with E-state index in [9.17, 15) is 0 Å². The van der Waals surface area contributed by atoms with Crippen molar-refractivity contribution < 1.29 is 5.11 Å². The minimum atomic E-state index is 0.208. The molecule has 64 valence electrons. The molecular formula is C8H16N2O. The Morgan fingerprint density at radius 1 is 1.36 bits per heavy atom. The highest BCUT2D eigenvalue weighted by Gasteiger charge is 2.40. The summed E-state index contributed by atoms with van der Waals surface area (Å²) >= 11 is 0. The van der Waals surface area contributed by atoms with Crippen LogP contribution in [0.25, 0.3) is 0 Å². The third-order valence-corrected chi connectivity index (χ3v) is 3.19. The first kappa shape index (κ1) is 7.53. The first-order chi connectivity index (χ1) is 5.31. The van der Waals surface area contributed by atoms with Crippen molar-refractivity contribution in [1.29, 1.82) is 0 Å². The molecule has 11 heavy (non-hydrogen) atoms. The lowest BCUT2D eigenvalue weighted by Gasteiger charge is -2.14. The fourth-order valence-corrected chi connectivity index (χ4v) is 2.52. The van der Waals surface area contributed by atoms with Gasteiger partial charge in [0.15, 0.2) is 0 Å². The Balaban J connectivity index is 1.98. The summed E-state index contributed by atoms with van der Waals surface area (Å²) in [6.07, 6.45) is 2.46. The molecular weight excluding hydrogens is 140 g/mol. The second-order valence-electron chi connectivity index (χ2n) is 3.84. The summed E-state index contributed by atoms with van der Waals surface area (Å²) in [5.41, 5.74) is 5.93. The van der Waals surface area contributed by atoms with Crippen LogP contribution >= 0.6 is 0 Å². The van der Waals surface area contributed by atoms with Crippen LogP contribution in [-0.4, -0.2) is 35.9 Å². The largest absolute Gasteiger partial charge is 0.381 e. The molecule has 0 spiro atoms. The molecule has 3 nitrogen and oxygen atoms in total. The molecule has 0 aromatic rings. The minimum Gasteiger partial charge on any atom is -0.381 e. The molecule has 0 aromatic heterocycles. The van der Waals surface area contributed by atoms with E-state index in [2.05, 4.69) is 4.90 Å². The second-order valence-corrected chi connectivity index (χ2v) is 3.84. The van der Waals surface area contributed by atoms with Crippen molar-refractivity contribution in [2.75, 3.05) is 19.8 Å². The highest BCUT2D eigenvalue weighted by molar-refractivity contribution is 4.94. The number of hydrogen-bond donors (Lipinski definition) is 2. The predicted molar refractivity (Wildman–Crippen MR) is 42.8 cm³/mol. The van der Waals surface area contributed by atoms with Gasteiger partial charge in [-0.15, -0.1) is 0 Å². The number of likely N-dealkylation sites (tertiary alicyclic amines) is 1. The van der Waals surface area contributed by atoms with Gasteiger partial charge in [0, 0.05) is 19.1 Å². The topological polar surface area (TPSA) is 49.5 Å². The average Bonchev–Trinajstić information content (AvgIpc) is 2.53. The van der Waals surface area contributed by atoms with E-state index in [4.69, 9.17) is 10.8 Å². The van der Waals surface area contributed by atoms with E-state index in [0.717, 1.165) is 19.0 Å². The Labute approximate surface area is 67.2 Å². The van der Waals surface area contributed by atoms with Crippen LogP contribution in [0, 0.1) is 11.8 Å². The lowest BCUT2D eigenvalue weighted by molar-refractivity contribution is 0.122. The van der Waals surface area contributed by atoms with Crippen LogP contribution in [0.3, 0.4) is 0 Å². The van der Waals surface area contributed by atoms with Crippen molar-refractivity contribution in [2.45, 2.75) is 18.9 Å². The molecule has 2 aliphatic rings. The fourth-order valence-electron chi connectivity index (χ4n) is 2.52. The van der Waals surface area contributed by atoms with Gasteiger partial charge in [0.1, 0.15) is 0 Å². The molecule has 2 unspecified atom stereocenters. The number of aliphatic hydroxyl groups excluding tert-OH is 1. The molecule has 0 bridgehead atoms. The Bertz CT molecular complexity index is 151. The van der Waals surface area contributed by atoms with Crippen molar-refractivity contribution >= 4 is 0 Å². The molecule has 1 aliphatic carbocycles. The molecule has 3 atom stereocenters. The van der Waals surface area contributed by atoms with Crippen LogP contribution in [0.15, 0.2) is 0 Å². The number of aliphatic hydroxyl groups is 1. The Morgan fingerprint density at radius 2 is 2.18 bits per heavy atom. The normalized spacial score (nSPS) is 44.7. The van der Waals surface area contributed by atoms with Crippen molar-refractivity contribution in [2.24, 2.45) is 17.6 Å². The molecule has 1 saturated carbocycles. The molecule has 1 heterocycles. The van der Waals surface area contributed by atoms with Crippen LogP contribution in [0.4, 0.5) is 0 Å². The van der Waals surface area contributed by atoms with E-state index in [1.54, 1.807) is 0 Å². The summed E-state index contributed by atoms with van der Waals surface area (Å²) in [6.45, 7) is 2.29. The summed E-state index contributed by atoms with van der Waals surface area (Å²) in [7, 11) is 0. The van der Waals surface area contributed by atoms with Crippen molar-refractivity contribution in [3.8, 4) is 0 Å². The third kappa shape index (κ3) is 1.17. The fraction of sp³-hybridized carbons (Fsp3) is 1.00. The van der Waals surface area contributed by atoms with Gasteiger partial charge in [-0.05, 0) is 24.7 Å². The van der Waals surface area contributed by atoms with Crippen LogP contribution in [0.1, 0.15) is 12.8 Å². The minimum absolute atomic E-state index is 0.208. The third-order valence-electron chi connectivity index (χ3n) is 3.19. The molecule has 0 radical (unpaired) electrons. The molecule has 3 heteroatoms. The summed E-state index contributed by atoms with van der Waals surface area (Å²) in [6, 6.07) is 0.400. The van der Waals surface area contributed by atoms with Gasteiger partial charge < -0.3 is 10.8 Å². The average molecular weight is 156 g/mol. The lowest BCUT2D eigenvalue weighted by atomic mass is 9.98. The number of nitrogens with two attached hydrogens (primary N) is 1. The van der Waals surface area contributed by atoms with Gasteiger partial charge in [0.05, 0.1) is 6.73 Å². The zero-order valence-electron chi connectivity index (χ0n) is 6.74. The summed E-state index contributed by atoms with van der Waals surface area (Å²) in [4.78, 5) is 2.09. The van der Waals surface area contributed by atoms with Gasteiger partial charge in [-0.3, -0.25) is 4.90 Å². The lowest BCUT2D eigenvalue weighted by Crippen LogP contribution is -2.30. The molecule has 3 N–H and O–H groups in total. The first-order valence-corrected chi connectivity index (χ1v) is 4.40. The van der Waals surface area contributed by atoms with E-state index < -0.39 is 0 Å². The van der Waals surface area contributed by atoms with Gasteiger partial charge >= 0.3 is 0 Å². The molecule has 1 saturated heterocycles. The van der Waals surface area contributed by atoms with Crippen LogP contribution in [-0.2, 0) is 0 Å². The highest BCUT2D eigenvalue weighted by Crippen LogP contribution is 2.36. The summed E-state index contributed by atoms with van der Waals surface area (Å²) < 4.78 is 0. The number of hydrogen-bond acceptors (Lipinski definition) is 3. The van der Waals surface area contributed by atoms with Gasteiger partial charge in [-0.2, -0.15) is 0 Å². The summed E-state index contributed by atoms with van der Waals surface area (Å²) in [5, 5.41) is 8.89. The molecule has 0 aromatic carbocycles. The first-order valence-electron chi connectivity index (χ1n) is 4.40. The zero-order valence-corrected chi connectivity index (χ0v) is 6.74. The maximum Gasteiger partial charge on any atom is 0.0956 e. The SMILES string of the molecule is NC1CC[C@H]2CN(CO)CC12. The smallest absolute Gasteiger partial charge is 0.0956 e. The number of nitrogens with zero attached hydrogens (tertiary/aromatic N) is 1. The van der Waals surface area contributed by atoms with Gasteiger partial charge in [-0.25, -0.2) is 0 Å². The predicted octanol–water partition coefficient (Wildman–Crippen LogP) is -0.395. The Morgan fingerprint density at radius 3 is 2.82 bits per heavy atom. The number of fused-ring (bicyclic) bond motifs is 1. The molecule has 1 aliphatic heterocycles. The Hall–Kier alpha value is -0.120. The van der Waals surface area contributed by atoms with E-state index in [-0.39, 0.29) is 6.73 Å².